The molecule has 0 saturated carbocycles. The molecule has 1 aliphatic heterocycles. The van der Waals surface area contributed by atoms with Gasteiger partial charge in [-0.3, -0.25) is 9.69 Å². The number of aromatic nitrogens is 2. The van der Waals surface area contributed by atoms with Gasteiger partial charge in [-0.05, 0) is 33.6 Å². The van der Waals surface area contributed by atoms with Gasteiger partial charge < -0.3 is 0 Å². The maximum Gasteiger partial charge on any atom is 0.228 e. The topological polar surface area (TPSA) is 38.1 Å². The van der Waals surface area contributed by atoms with E-state index < -0.39 is 0 Å². The average Bonchev–Trinajstić information content (AvgIpc) is 2.80. The molecular formula is C13H20BrN3O. The summed E-state index contributed by atoms with van der Waals surface area (Å²) in [6.45, 7) is 9.06. The third-order valence-electron chi connectivity index (χ3n) is 3.15. The van der Waals surface area contributed by atoms with Gasteiger partial charge in [-0.15, -0.1) is 0 Å². The van der Waals surface area contributed by atoms with Crippen LogP contribution in [0, 0.1) is 12.8 Å². The molecule has 0 aromatic carbocycles. The predicted octanol–water partition coefficient (Wildman–Crippen LogP) is 2.69. The summed E-state index contributed by atoms with van der Waals surface area (Å²) < 4.78 is 1.96. The van der Waals surface area contributed by atoms with Crippen LogP contribution in [0.15, 0.2) is 6.07 Å². The number of carbonyl (C=O) groups excluding carboxylic acids is 1. The summed E-state index contributed by atoms with van der Waals surface area (Å²) in [5.41, 5.74) is 0.839. The van der Waals surface area contributed by atoms with E-state index in [2.05, 4.69) is 41.8 Å². The van der Waals surface area contributed by atoms with Gasteiger partial charge in [0.2, 0.25) is 5.91 Å². The van der Waals surface area contributed by atoms with E-state index in [1.54, 1.807) is 0 Å². The van der Waals surface area contributed by atoms with Gasteiger partial charge in [0.05, 0.1) is 11.2 Å². The molecule has 2 heterocycles. The van der Waals surface area contributed by atoms with Crippen LogP contribution in [0.2, 0.25) is 0 Å². The van der Waals surface area contributed by atoms with Gasteiger partial charge in [0.25, 0.3) is 0 Å². The molecule has 1 atom stereocenters. The van der Waals surface area contributed by atoms with Crippen LogP contribution in [0.5, 0.6) is 0 Å². The zero-order chi connectivity index (χ0) is 13.5. The van der Waals surface area contributed by atoms with E-state index >= 15 is 0 Å². The summed E-state index contributed by atoms with van der Waals surface area (Å²) in [5.74, 6) is 1.53. The molecule has 1 unspecified atom stereocenters. The van der Waals surface area contributed by atoms with Crippen molar-refractivity contribution in [1.29, 1.82) is 0 Å². The van der Waals surface area contributed by atoms with Crippen LogP contribution in [0.25, 0.3) is 0 Å². The summed E-state index contributed by atoms with van der Waals surface area (Å²) >= 11 is 3.47. The maximum absolute atomic E-state index is 12.1. The minimum Gasteiger partial charge on any atom is -0.297 e. The lowest BCUT2D eigenvalue weighted by Gasteiger charge is -2.26. The van der Waals surface area contributed by atoms with Gasteiger partial charge in [0, 0.05) is 24.4 Å². The second kappa shape index (κ2) is 4.68. The Bertz CT molecular complexity index is 461. The molecule has 0 radical (unpaired) electrons. The van der Waals surface area contributed by atoms with E-state index in [9.17, 15) is 4.79 Å². The van der Waals surface area contributed by atoms with Crippen LogP contribution in [-0.2, 0) is 10.3 Å². The fourth-order valence-electron chi connectivity index (χ4n) is 2.28. The van der Waals surface area contributed by atoms with Gasteiger partial charge >= 0.3 is 0 Å². The van der Waals surface area contributed by atoms with E-state index in [4.69, 9.17) is 0 Å². The van der Waals surface area contributed by atoms with Gasteiger partial charge in [-0.1, -0.05) is 15.9 Å². The molecule has 18 heavy (non-hydrogen) atoms. The number of hydrogen-bond acceptors (Lipinski definition) is 2. The van der Waals surface area contributed by atoms with Crippen LogP contribution in [-0.4, -0.2) is 27.6 Å². The summed E-state index contributed by atoms with van der Waals surface area (Å²) in [4.78, 5) is 14.0. The Labute approximate surface area is 116 Å². The van der Waals surface area contributed by atoms with Crippen LogP contribution < -0.4 is 4.90 Å². The smallest absolute Gasteiger partial charge is 0.228 e. The lowest BCUT2D eigenvalue weighted by molar-refractivity contribution is -0.117. The van der Waals surface area contributed by atoms with Crippen molar-refractivity contribution in [3.63, 3.8) is 0 Å². The van der Waals surface area contributed by atoms with Gasteiger partial charge in [0.15, 0.2) is 0 Å². The quantitative estimate of drug-likeness (QED) is 0.787. The van der Waals surface area contributed by atoms with E-state index in [1.807, 2.05) is 22.6 Å². The van der Waals surface area contributed by atoms with Gasteiger partial charge in [-0.2, -0.15) is 5.10 Å². The first-order chi connectivity index (χ1) is 8.32. The first-order valence-electron chi connectivity index (χ1n) is 6.26. The summed E-state index contributed by atoms with van der Waals surface area (Å²) in [6, 6.07) is 2.00. The maximum atomic E-state index is 12.1. The highest BCUT2D eigenvalue weighted by Gasteiger charge is 2.33. The highest BCUT2D eigenvalue weighted by Crippen LogP contribution is 2.30. The Kier molecular flexibility index (Phi) is 3.54. The van der Waals surface area contributed by atoms with Crippen molar-refractivity contribution < 1.29 is 4.79 Å². The van der Waals surface area contributed by atoms with E-state index in [-0.39, 0.29) is 11.4 Å². The number of anilines is 1. The van der Waals surface area contributed by atoms with E-state index in [0.717, 1.165) is 23.4 Å². The van der Waals surface area contributed by atoms with Crippen molar-refractivity contribution in [3.8, 4) is 0 Å². The molecule has 0 bridgehead atoms. The Hall–Kier alpha value is -0.840. The molecule has 2 rings (SSSR count). The van der Waals surface area contributed by atoms with Crippen LogP contribution >= 0.6 is 15.9 Å². The van der Waals surface area contributed by atoms with Crippen molar-refractivity contribution in [2.24, 2.45) is 5.92 Å². The molecular weight excluding hydrogens is 294 g/mol. The van der Waals surface area contributed by atoms with Crippen molar-refractivity contribution in [2.45, 2.75) is 39.7 Å². The van der Waals surface area contributed by atoms with E-state index in [1.165, 1.54) is 0 Å². The fraction of sp³-hybridized carbons (Fsp3) is 0.692. The zero-order valence-electron chi connectivity index (χ0n) is 11.4. The Balaban J connectivity index is 2.37. The van der Waals surface area contributed by atoms with Crippen LogP contribution in [0.4, 0.5) is 5.82 Å². The Morgan fingerprint density at radius 2 is 2.17 bits per heavy atom. The molecule has 100 valence electrons. The largest absolute Gasteiger partial charge is 0.297 e. The normalized spacial score (nSPS) is 20.8. The standard InChI is InChI=1S/C13H20BrN3O/c1-9-5-11(17(15-9)13(2,3)4)16-8-10(7-14)6-12(16)18/h5,10H,6-8H2,1-4H3. The lowest BCUT2D eigenvalue weighted by atomic mass is 10.1. The second-order valence-electron chi connectivity index (χ2n) is 5.96. The fourth-order valence-corrected chi connectivity index (χ4v) is 2.71. The first kappa shape index (κ1) is 13.6. The summed E-state index contributed by atoms with van der Waals surface area (Å²) in [7, 11) is 0. The monoisotopic (exact) mass is 313 g/mol. The van der Waals surface area contributed by atoms with E-state index in [0.29, 0.717) is 12.3 Å². The Morgan fingerprint density at radius 1 is 1.50 bits per heavy atom. The first-order valence-corrected chi connectivity index (χ1v) is 7.38. The average molecular weight is 314 g/mol. The predicted molar refractivity (Wildman–Crippen MR) is 76.2 cm³/mol. The van der Waals surface area contributed by atoms with Crippen LogP contribution in [0.1, 0.15) is 32.9 Å². The number of nitrogens with zero attached hydrogens (tertiary/aromatic N) is 3. The molecule has 0 aliphatic carbocycles. The minimum atomic E-state index is -0.115. The number of aryl methyl sites for hydroxylation is 1. The molecule has 1 fully saturated rings. The number of hydrogen-bond donors (Lipinski definition) is 0. The molecule has 1 aromatic rings. The second-order valence-corrected chi connectivity index (χ2v) is 6.60. The number of carbonyl (C=O) groups is 1. The minimum absolute atomic E-state index is 0.115. The molecule has 1 aromatic heterocycles. The lowest BCUT2D eigenvalue weighted by Crippen LogP contribution is -2.32. The molecule has 1 saturated heterocycles. The molecule has 1 amide bonds. The molecule has 0 N–H and O–H groups in total. The summed E-state index contributed by atoms with van der Waals surface area (Å²) in [5, 5.41) is 5.40. The summed E-state index contributed by atoms with van der Waals surface area (Å²) in [6.07, 6.45) is 0.625. The molecule has 1 aliphatic rings. The molecule has 4 nitrogen and oxygen atoms in total. The van der Waals surface area contributed by atoms with Crippen molar-refractivity contribution in [3.05, 3.63) is 11.8 Å². The van der Waals surface area contributed by atoms with Crippen LogP contribution in [0.3, 0.4) is 0 Å². The third-order valence-corrected chi connectivity index (χ3v) is 4.06. The highest BCUT2D eigenvalue weighted by atomic mass is 79.9. The third kappa shape index (κ3) is 2.46. The number of halogens is 1. The van der Waals surface area contributed by atoms with Crippen molar-refractivity contribution in [2.75, 3.05) is 16.8 Å². The molecule has 0 spiro atoms. The highest BCUT2D eigenvalue weighted by molar-refractivity contribution is 9.09. The number of amides is 1. The van der Waals surface area contributed by atoms with Gasteiger partial charge in [0.1, 0.15) is 5.82 Å². The number of alkyl halides is 1. The van der Waals surface area contributed by atoms with Gasteiger partial charge in [-0.25, -0.2) is 4.68 Å². The molecule has 5 heteroatoms. The SMILES string of the molecule is Cc1cc(N2CC(CBr)CC2=O)n(C(C)(C)C)n1. The number of rotatable bonds is 2. The zero-order valence-corrected chi connectivity index (χ0v) is 13.0. The Morgan fingerprint density at radius 3 is 2.67 bits per heavy atom. The van der Waals surface area contributed by atoms with Crippen molar-refractivity contribution >= 4 is 27.7 Å². The van der Waals surface area contributed by atoms with Crippen molar-refractivity contribution in [1.82, 2.24) is 9.78 Å².